The summed E-state index contributed by atoms with van der Waals surface area (Å²) in [7, 11) is 0. The number of aromatic amines is 1. The predicted octanol–water partition coefficient (Wildman–Crippen LogP) is 1.68. The molecule has 2 aromatic heterocycles. The summed E-state index contributed by atoms with van der Waals surface area (Å²) in [6.07, 6.45) is 3.92. The van der Waals surface area contributed by atoms with Crippen LogP contribution in [0.4, 0.5) is 5.82 Å². The third kappa shape index (κ3) is 3.38. The molecule has 2 heterocycles. The van der Waals surface area contributed by atoms with Crippen LogP contribution in [0.1, 0.15) is 29.9 Å². The van der Waals surface area contributed by atoms with Crippen LogP contribution in [0.25, 0.3) is 0 Å². The number of nitrogens with zero attached hydrogens (tertiary/aromatic N) is 2. The zero-order chi connectivity index (χ0) is 15.5. The van der Waals surface area contributed by atoms with Crippen LogP contribution in [0.3, 0.4) is 0 Å². The Kier molecular flexibility index (Phi) is 4.28. The van der Waals surface area contributed by atoms with Crippen molar-refractivity contribution in [3.63, 3.8) is 0 Å². The Morgan fingerprint density at radius 1 is 1.45 bits per heavy atom. The van der Waals surface area contributed by atoms with Crippen molar-refractivity contribution in [3.8, 4) is 0 Å². The van der Waals surface area contributed by atoms with E-state index in [4.69, 9.17) is 4.52 Å². The summed E-state index contributed by atoms with van der Waals surface area (Å²) in [6, 6.07) is 1.65. The van der Waals surface area contributed by atoms with Crippen LogP contribution < -0.4 is 11.0 Å². The van der Waals surface area contributed by atoms with E-state index in [9.17, 15) is 9.59 Å². The number of carbonyl (C=O) groups excluding carboxylic acids is 1. The molecule has 0 atom stereocenters. The highest BCUT2D eigenvalue weighted by atomic mass is 32.2. The first-order chi connectivity index (χ1) is 10.6. The monoisotopic (exact) mass is 320 g/mol. The largest absolute Gasteiger partial charge is 0.360 e. The molecule has 0 aromatic carbocycles. The number of hydrogen-bond donors (Lipinski definition) is 2. The Bertz CT molecular complexity index is 753. The fourth-order valence-corrected chi connectivity index (χ4v) is 3.34. The molecule has 1 amide bonds. The first-order valence-electron chi connectivity index (χ1n) is 7.10. The van der Waals surface area contributed by atoms with Gasteiger partial charge in [0.2, 0.25) is 5.91 Å². The lowest BCUT2D eigenvalue weighted by molar-refractivity contribution is -0.113. The number of fused-ring (bicyclic) bond motifs is 1. The molecule has 0 aliphatic heterocycles. The molecule has 0 saturated carbocycles. The summed E-state index contributed by atoms with van der Waals surface area (Å²) in [5.74, 6) is 0.997. The van der Waals surface area contributed by atoms with Crippen LogP contribution in [-0.4, -0.2) is 26.8 Å². The SMILES string of the molecule is Cc1cc(NC(=O)CSc2nc(=O)[nH]c3c2CCCC3)no1. The van der Waals surface area contributed by atoms with Gasteiger partial charge in [0, 0.05) is 17.3 Å². The van der Waals surface area contributed by atoms with Gasteiger partial charge in [-0.05, 0) is 32.6 Å². The molecule has 1 aliphatic carbocycles. The van der Waals surface area contributed by atoms with Crippen molar-refractivity contribution >= 4 is 23.5 Å². The van der Waals surface area contributed by atoms with Crippen LogP contribution in [0.2, 0.25) is 0 Å². The van der Waals surface area contributed by atoms with Crippen molar-refractivity contribution in [3.05, 3.63) is 33.6 Å². The van der Waals surface area contributed by atoms with E-state index in [1.54, 1.807) is 13.0 Å². The molecule has 116 valence electrons. The normalized spacial score (nSPS) is 13.7. The number of H-pyrrole nitrogens is 1. The maximum atomic E-state index is 11.9. The molecule has 0 fully saturated rings. The van der Waals surface area contributed by atoms with E-state index in [1.807, 2.05) is 0 Å². The standard InChI is InChI=1S/C14H16N4O3S/c1-8-6-11(18-21-8)16-12(19)7-22-13-9-4-2-3-5-10(9)15-14(20)17-13/h6H,2-5,7H2,1H3,(H,15,17,20)(H,16,18,19). The number of rotatable bonds is 4. The van der Waals surface area contributed by atoms with Gasteiger partial charge in [-0.15, -0.1) is 0 Å². The van der Waals surface area contributed by atoms with E-state index in [2.05, 4.69) is 20.4 Å². The van der Waals surface area contributed by atoms with E-state index >= 15 is 0 Å². The van der Waals surface area contributed by atoms with Gasteiger partial charge < -0.3 is 14.8 Å². The Morgan fingerprint density at radius 3 is 3.05 bits per heavy atom. The summed E-state index contributed by atoms with van der Waals surface area (Å²) in [6.45, 7) is 1.75. The molecule has 0 saturated heterocycles. The molecule has 3 rings (SSSR count). The lowest BCUT2D eigenvalue weighted by Crippen LogP contribution is -2.21. The van der Waals surface area contributed by atoms with E-state index in [1.165, 1.54) is 11.8 Å². The van der Waals surface area contributed by atoms with Crippen molar-refractivity contribution < 1.29 is 9.32 Å². The van der Waals surface area contributed by atoms with Gasteiger partial charge in [-0.2, -0.15) is 4.98 Å². The average Bonchev–Trinajstić information content (AvgIpc) is 2.89. The molecule has 2 N–H and O–H groups in total. The zero-order valence-electron chi connectivity index (χ0n) is 12.1. The smallest absolute Gasteiger partial charge is 0.346 e. The van der Waals surface area contributed by atoms with Gasteiger partial charge in [0.15, 0.2) is 5.82 Å². The summed E-state index contributed by atoms with van der Waals surface area (Å²) < 4.78 is 4.89. The van der Waals surface area contributed by atoms with Crippen LogP contribution in [0.15, 0.2) is 20.4 Å². The fourth-order valence-electron chi connectivity index (χ4n) is 2.45. The molecule has 1 aliphatic rings. The summed E-state index contributed by atoms with van der Waals surface area (Å²) in [5, 5.41) is 7.01. The van der Waals surface area contributed by atoms with Crippen LogP contribution >= 0.6 is 11.8 Å². The quantitative estimate of drug-likeness (QED) is 0.656. The molecule has 0 unspecified atom stereocenters. The number of anilines is 1. The third-order valence-corrected chi connectivity index (χ3v) is 4.44. The topological polar surface area (TPSA) is 101 Å². The number of nitrogens with one attached hydrogen (secondary N) is 2. The second kappa shape index (κ2) is 6.35. The van der Waals surface area contributed by atoms with Gasteiger partial charge in [0.05, 0.1) is 5.75 Å². The number of hydrogen-bond acceptors (Lipinski definition) is 6. The summed E-state index contributed by atoms with van der Waals surface area (Å²) in [5.41, 5.74) is 1.68. The van der Waals surface area contributed by atoms with Crippen LogP contribution in [0, 0.1) is 6.92 Å². The van der Waals surface area contributed by atoms with Crippen molar-refractivity contribution in [1.29, 1.82) is 0 Å². The van der Waals surface area contributed by atoms with Gasteiger partial charge in [-0.25, -0.2) is 4.79 Å². The van der Waals surface area contributed by atoms with Crippen LogP contribution in [-0.2, 0) is 17.6 Å². The predicted molar refractivity (Wildman–Crippen MR) is 82.1 cm³/mol. The molecule has 0 bridgehead atoms. The fraction of sp³-hybridized carbons (Fsp3) is 0.429. The molecule has 7 nitrogen and oxygen atoms in total. The molecule has 0 spiro atoms. The minimum Gasteiger partial charge on any atom is -0.360 e. The first-order valence-corrected chi connectivity index (χ1v) is 8.08. The highest BCUT2D eigenvalue weighted by molar-refractivity contribution is 8.00. The molecule has 2 aromatic rings. The lowest BCUT2D eigenvalue weighted by Gasteiger charge is -2.17. The van der Waals surface area contributed by atoms with E-state index in [-0.39, 0.29) is 17.3 Å². The number of amides is 1. The van der Waals surface area contributed by atoms with Crippen molar-refractivity contribution in [2.75, 3.05) is 11.1 Å². The maximum absolute atomic E-state index is 11.9. The molecule has 22 heavy (non-hydrogen) atoms. The van der Waals surface area contributed by atoms with Gasteiger partial charge in [0.1, 0.15) is 10.8 Å². The van der Waals surface area contributed by atoms with Crippen molar-refractivity contribution in [1.82, 2.24) is 15.1 Å². The lowest BCUT2D eigenvalue weighted by atomic mass is 9.98. The Labute approximate surface area is 130 Å². The van der Waals surface area contributed by atoms with E-state index in [0.717, 1.165) is 36.9 Å². The molecule has 0 radical (unpaired) electrons. The number of thioether (sulfide) groups is 1. The van der Waals surface area contributed by atoms with Crippen molar-refractivity contribution in [2.24, 2.45) is 0 Å². The molecule has 8 heteroatoms. The highest BCUT2D eigenvalue weighted by Crippen LogP contribution is 2.27. The van der Waals surface area contributed by atoms with Crippen LogP contribution in [0.5, 0.6) is 0 Å². The van der Waals surface area contributed by atoms with Crippen molar-refractivity contribution in [2.45, 2.75) is 37.6 Å². The number of aryl methyl sites for hydroxylation is 2. The second-order valence-electron chi connectivity index (χ2n) is 5.17. The van der Waals surface area contributed by atoms with Gasteiger partial charge >= 0.3 is 5.69 Å². The van der Waals surface area contributed by atoms with E-state index in [0.29, 0.717) is 16.6 Å². The number of aromatic nitrogens is 3. The number of carbonyl (C=O) groups is 1. The Hall–Kier alpha value is -2.09. The Balaban J connectivity index is 1.67. The Morgan fingerprint density at radius 2 is 2.27 bits per heavy atom. The highest BCUT2D eigenvalue weighted by Gasteiger charge is 2.17. The first kappa shape index (κ1) is 14.8. The zero-order valence-corrected chi connectivity index (χ0v) is 13.0. The third-order valence-electron chi connectivity index (χ3n) is 3.42. The maximum Gasteiger partial charge on any atom is 0.346 e. The minimum absolute atomic E-state index is 0.175. The summed E-state index contributed by atoms with van der Waals surface area (Å²) >= 11 is 1.28. The molecular formula is C14H16N4O3S. The molecular weight excluding hydrogens is 304 g/mol. The summed E-state index contributed by atoms with van der Waals surface area (Å²) in [4.78, 5) is 30.3. The van der Waals surface area contributed by atoms with Gasteiger partial charge in [0.25, 0.3) is 0 Å². The average molecular weight is 320 g/mol. The second-order valence-corrected chi connectivity index (χ2v) is 6.14. The van der Waals surface area contributed by atoms with Gasteiger partial charge in [-0.1, -0.05) is 16.9 Å². The van der Waals surface area contributed by atoms with E-state index < -0.39 is 0 Å². The van der Waals surface area contributed by atoms with Gasteiger partial charge in [-0.3, -0.25) is 4.79 Å². The minimum atomic E-state index is -0.351.